The SMILES string of the molecule is [B]c1cccc(-n2c(=O)nc(N(C)C)c3ccc(Cl)cc32)c1. The average molecular weight is 310 g/mol. The van der Waals surface area contributed by atoms with Crippen molar-refractivity contribution < 1.29 is 0 Å². The molecule has 0 amide bonds. The lowest BCUT2D eigenvalue weighted by Crippen LogP contribution is -2.26. The Hall–Kier alpha value is -2.27. The maximum atomic E-state index is 12.5. The molecule has 0 aliphatic heterocycles. The van der Waals surface area contributed by atoms with Crippen LogP contribution in [0.1, 0.15) is 0 Å². The second-order valence-corrected chi connectivity index (χ2v) is 5.64. The molecule has 3 aromatic rings. The molecule has 0 spiro atoms. The van der Waals surface area contributed by atoms with Gasteiger partial charge in [0.2, 0.25) is 0 Å². The van der Waals surface area contributed by atoms with Gasteiger partial charge in [-0.3, -0.25) is 4.57 Å². The highest BCUT2D eigenvalue weighted by Crippen LogP contribution is 2.26. The smallest absolute Gasteiger partial charge is 0.354 e. The molecule has 3 rings (SSSR count). The Labute approximate surface area is 134 Å². The van der Waals surface area contributed by atoms with Gasteiger partial charge in [0.05, 0.1) is 11.2 Å². The van der Waals surface area contributed by atoms with E-state index < -0.39 is 0 Å². The number of anilines is 1. The third-order valence-electron chi connectivity index (χ3n) is 3.39. The Morgan fingerprint density at radius 1 is 1.18 bits per heavy atom. The number of rotatable bonds is 2. The predicted octanol–water partition coefficient (Wildman–Crippen LogP) is 1.90. The van der Waals surface area contributed by atoms with Crippen molar-refractivity contribution in [2.24, 2.45) is 0 Å². The number of hydrogen-bond donors (Lipinski definition) is 0. The van der Waals surface area contributed by atoms with E-state index in [4.69, 9.17) is 19.4 Å². The molecule has 1 heterocycles. The minimum atomic E-state index is -0.371. The predicted molar refractivity (Wildman–Crippen MR) is 92.1 cm³/mol. The van der Waals surface area contributed by atoms with Gasteiger partial charge in [-0.1, -0.05) is 29.2 Å². The van der Waals surface area contributed by atoms with Crippen molar-refractivity contribution in [3.8, 4) is 5.69 Å². The molecule has 0 N–H and O–H groups in total. The lowest BCUT2D eigenvalue weighted by atomic mass is 9.96. The van der Waals surface area contributed by atoms with Crippen LogP contribution in [0, 0.1) is 0 Å². The highest BCUT2D eigenvalue weighted by molar-refractivity contribution is 6.32. The van der Waals surface area contributed by atoms with E-state index >= 15 is 0 Å². The molecule has 0 unspecified atom stereocenters. The van der Waals surface area contributed by atoms with Crippen molar-refractivity contribution in [2.75, 3.05) is 19.0 Å². The van der Waals surface area contributed by atoms with Crippen molar-refractivity contribution in [1.29, 1.82) is 0 Å². The van der Waals surface area contributed by atoms with Gasteiger partial charge in [-0.2, -0.15) is 4.98 Å². The fourth-order valence-corrected chi connectivity index (χ4v) is 2.60. The summed E-state index contributed by atoms with van der Waals surface area (Å²) in [6.45, 7) is 0. The Kier molecular flexibility index (Phi) is 3.67. The Balaban J connectivity index is 2.45. The summed E-state index contributed by atoms with van der Waals surface area (Å²) in [5.41, 5.74) is 1.57. The van der Waals surface area contributed by atoms with Gasteiger partial charge in [0.25, 0.3) is 0 Å². The summed E-state index contributed by atoms with van der Waals surface area (Å²) in [4.78, 5) is 18.5. The van der Waals surface area contributed by atoms with Gasteiger partial charge in [0, 0.05) is 24.5 Å². The molecule has 0 atom stereocenters. The summed E-state index contributed by atoms with van der Waals surface area (Å²) < 4.78 is 1.52. The van der Waals surface area contributed by atoms with Crippen LogP contribution in [0.4, 0.5) is 5.82 Å². The molecule has 0 aliphatic rings. The number of hydrogen-bond acceptors (Lipinski definition) is 3. The van der Waals surface area contributed by atoms with E-state index in [1.165, 1.54) is 4.57 Å². The van der Waals surface area contributed by atoms with Crippen molar-refractivity contribution in [1.82, 2.24) is 9.55 Å². The van der Waals surface area contributed by atoms with E-state index in [1.807, 2.05) is 26.2 Å². The Morgan fingerprint density at radius 2 is 1.95 bits per heavy atom. The Morgan fingerprint density at radius 3 is 2.64 bits per heavy atom. The summed E-state index contributed by atoms with van der Waals surface area (Å²) in [5.74, 6) is 0.608. The standard InChI is InChI=1S/C16H13BClN3O/c1-20(2)15-13-7-6-11(18)9-14(13)21(16(22)19-15)12-5-3-4-10(17)8-12/h3-9H,1-2H3. The third kappa shape index (κ3) is 2.48. The van der Waals surface area contributed by atoms with Crippen LogP contribution in [0.5, 0.6) is 0 Å². The van der Waals surface area contributed by atoms with E-state index in [-0.39, 0.29) is 5.69 Å². The second-order valence-electron chi connectivity index (χ2n) is 5.20. The molecule has 4 nitrogen and oxygen atoms in total. The largest absolute Gasteiger partial charge is 0.362 e. The molecule has 0 bridgehead atoms. The van der Waals surface area contributed by atoms with Crippen molar-refractivity contribution in [3.05, 3.63) is 58.0 Å². The van der Waals surface area contributed by atoms with E-state index in [0.717, 1.165) is 5.39 Å². The highest BCUT2D eigenvalue weighted by atomic mass is 35.5. The molecule has 2 radical (unpaired) electrons. The molecular formula is C16H13BClN3O. The minimum Gasteiger partial charge on any atom is -0.362 e. The molecule has 0 fully saturated rings. The van der Waals surface area contributed by atoms with Crippen LogP contribution in [0.3, 0.4) is 0 Å². The van der Waals surface area contributed by atoms with E-state index in [1.54, 1.807) is 35.2 Å². The summed E-state index contributed by atoms with van der Waals surface area (Å²) in [6, 6.07) is 12.5. The van der Waals surface area contributed by atoms with E-state index in [0.29, 0.717) is 27.5 Å². The van der Waals surface area contributed by atoms with Gasteiger partial charge >= 0.3 is 5.69 Å². The fraction of sp³-hybridized carbons (Fsp3) is 0.125. The van der Waals surface area contributed by atoms with Crippen molar-refractivity contribution in [3.63, 3.8) is 0 Å². The van der Waals surface area contributed by atoms with E-state index in [9.17, 15) is 4.79 Å². The first-order valence-electron chi connectivity index (χ1n) is 6.73. The number of halogens is 1. The minimum absolute atomic E-state index is 0.371. The molecular weight excluding hydrogens is 296 g/mol. The quantitative estimate of drug-likeness (QED) is 0.679. The number of nitrogens with zero attached hydrogens (tertiary/aromatic N) is 3. The lowest BCUT2D eigenvalue weighted by Gasteiger charge is -2.17. The zero-order chi connectivity index (χ0) is 15.9. The highest BCUT2D eigenvalue weighted by Gasteiger charge is 2.13. The van der Waals surface area contributed by atoms with Gasteiger partial charge in [-0.25, -0.2) is 4.79 Å². The van der Waals surface area contributed by atoms with Crippen LogP contribution < -0.4 is 16.1 Å². The summed E-state index contributed by atoms with van der Waals surface area (Å²) >= 11 is 6.12. The number of aromatic nitrogens is 2. The van der Waals surface area contributed by atoms with Crippen LogP contribution in [0.25, 0.3) is 16.6 Å². The van der Waals surface area contributed by atoms with Crippen LogP contribution >= 0.6 is 11.6 Å². The maximum Gasteiger partial charge on any atom is 0.354 e. The van der Waals surface area contributed by atoms with Crippen LogP contribution in [0.15, 0.2) is 47.3 Å². The van der Waals surface area contributed by atoms with Crippen molar-refractivity contribution >= 4 is 41.6 Å². The molecule has 1 aromatic heterocycles. The monoisotopic (exact) mass is 309 g/mol. The third-order valence-corrected chi connectivity index (χ3v) is 3.62. The van der Waals surface area contributed by atoms with Crippen LogP contribution in [0.2, 0.25) is 5.02 Å². The van der Waals surface area contributed by atoms with Crippen LogP contribution in [-0.2, 0) is 0 Å². The summed E-state index contributed by atoms with van der Waals surface area (Å²) in [6.07, 6.45) is 0. The summed E-state index contributed by atoms with van der Waals surface area (Å²) in [5, 5.41) is 1.40. The van der Waals surface area contributed by atoms with Gasteiger partial charge in [0.15, 0.2) is 0 Å². The first-order chi connectivity index (χ1) is 10.5. The number of benzene rings is 2. The molecule has 22 heavy (non-hydrogen) atoms. The second kappa shape index (κ2) is 5.50. The topological polar surface area (TPSA) is 38.1 Å². The van der Waals surface area contributed by atoms with E-state index in [2.05, 4.69) is 4.98 Å². The van der Waals surface area contributed by atoms with Gasteiger partial charge < -0.3 is 4.90 Å². The first kappa shape index (κ1) is 14.7. The zero-order valence-electron chi connectivity index (χ0n) is 12.2. The average Bonchev–Trinajstić information content (AvgIpc) is 2.45. The molecule has 0 aliphatic carbocycles. The fourth-order valence-electron chi connectivity index (χ4n) is 2.44. The zero-order valence-corrected chi connectivity index (χ0v) is 13.0. The Bertz CT molecular complexity index is 921. The van der Waals surface area contributed by atoms with Gasteiger partial charge in [0.1, 0.15) is 13.7 Å². The van der Waals surface area contributed by atoms with Crippen LogP contribution in [-0.4, -0.2) is 31.5 Å². The molecule has 0 saturated carbocycles. The molecule has 6 heteroatoms. The van der Waals surface area contributed by atoms with Gasteiger partial charge in [-0.15, -0.1) is 0 Å². The molecule has 108 valence electrons. The lowest BCUT2D eigenvalue weighted by molar-refractivity contribution is 0.937. The molecule has 2 aromatic carbocycles. The number of fused-ring (bicyclic) bond motifs is 1. The van der Waals surface area contributed by atoms with Gasteiger partial charge in [-0.05, 0) is 30.3 Å². The molecule has 0 saturated heterocycles. The summed E-state index contributed by atoms with van der Waals surface area (Å²) in [7, 11) is 9.52. The van der Waals surface area contributed by atoms with Crippen molar-refractivity contribution in [2.45, 2.75) is 0 Å². The maximum absolute atomic E-state index is 12.5. The normalized spacial score (nSPS) is 10.9. The first-order valence-corrected chi connectivity index (χ1v) is 7.11.